The van der Waals surface area contributed by atoms with Crippen LogP contribution in [0.25, 0.3) is 0 Å². The van der Waals surface area contributed by atoms with E-state index in [0.29, 0.717) is 5.92 Å². The largest absolute Gasteiger partial charge is 0.320 e. The smallest absolute Gasteiger partial charge is 0.112 e. The molecule has 80 valence electrons. The number of hydrogen-bond acceptors (Lipinski definition) is 3. The van der Waals surface area contributed by atoms with Crippen LogP contribution in [0.15, 0.2) is 5.38 Å². The van der Waals surface area contributed by atoms with Crippen LogP contribution >= 0.6 is 11.3 Å². The molecule has 1 unspecified atom stereocenters. The molecule has 0 bridgehead atoms. The van der Waals surface area contributed by atoms with Crippen molar-refractivity contribution >= 4 is 11.3 Å². The molecule has 0 aliphatic carbocycles. The number of thiazole rings is 1. The van der Waals surface area contributed by atoms with E-state index in [1.54, 1.807) is 11.3 Å². The Hall–Kier alpha value is -0.410. The summed E-state index contributed by atoms with van der Waals surface area (Å²) in [4.78, 5) is 4.45. The van der Waals surface area contributed by atoms with Crippen LogP contribution in [0.5, 0.6) is 0 Å². The van der Waals surface area contributed by atoms with E-state index in [4.69, 9.17) is 5.73 Å². The molecule has 0 aliphatic heterocycles. The predicted octanol–water partition coefficient (Wildman–Crippen LogP) is 3.06. The first-order valence-electron chi connectivity index (χ1n) is 5.13. The number of aryl methyl sites for hydroxylation is 1. The molecule has 0 fully saturated rings. The molecule has 1 aromatic heterocycles. The van der Waals surface area contributed by atoms with Crippen molar-refractivity contribution in [2.45, 2.75) is 46.1 Å². The highest BCUT2D eigenvalue weighted by molar-refractivity contribution is 7.09. The number of hydrogen-bond donors (Lipinski definition) is 1. The quantitative estimate of drug-likeness (QED) is 0.833. The van der Waals surface area contributed by atoms with Gasteiger partial charge in [0.15, 0.2) is 0 Å². The molecule has 2 nitrogen and oxygen atoms in total. The predicted molar refractivity (Wildman–Crippen MR) is 62.5 cm³/mol. The lowest BCUT2D eigenvalue weighted by Crippen LogP contribution is -2.33. The van der Waals surface area contributed by atoms with E-state index in [0.717, 1.165) is 23.5 Å². The van der Waals surface area contributed by atoms with Gasteiger partial charge in [0.1, 0.15) is 5.01 Å². The Morgan fingerprint density at radius 3 is 2.64 bits per heavy atom. The normalized spacial score (nSPS) is 15.9. The fourth-order valence-electron chi connectivity index (χ4n) is 1.31. The van der Waals surface area contributed by atoms with Gasteiger partial charge in [-0.1, -0.05) is 13.8 Å². The van der Waals surface area contributed by atoms with Crippen LogP contribution in [0.4, 0.5) is 0 Å². The zero-order chi connectivity index (χ0) is 10.8. The summed E-state index contributed by atoms with van der Waals surface area (Å²) in [6.07, 6.45) is 2.17. The van der Waals surface area contributed by atoms with Crippen molar-refractivity contribution in [3.05, 3.63) is 16.1 Å². The lowest BCUT2D eigenvalue weighted by molar-refractivity contribution is 0.394. The molecule has 0 aliphatic rings. The summed E-state index contributed by atoms with van der Waals surface area (Å²) in [5.41, 5.74) is 7.08. The van der Waals surface area contributed by atoms with Crippen molar-refractivity contribution in [1.29, 1.82) is 0 Å². The second kappa shape index (κ2) is 4.41. The summed E-state index contributed by atoms with van der Waals surface area (Å²) in [6.45, 7) is 8.54. The van der Waals surface area contributed by atoms with Gasteiger partial charge < -0.3 is 5.73 Å². The molecule has 0 radical (unpaired) electrons. The Morgan fingerprint density at radius 2 is 2.21 bits per heavy atom. The van der Waals surface area contributed by atoms with E-state index in [2.05, 4.69) is 31.1 Å². The minimum Gasteiger partial charge on any atom is -0.320 e. The van der Waals surface area contributed by atoms with E-state index >= 15 is 0 Å². The minimum atomic E-state index is -0.247. The molecule has 1 aromatic rings. The van der Waals surface area contributed by atoms with Gasteiger partial charge in [-0.25, -0.2) is 4.98 Å². The monoisotopic (exact) mass is 212 g/mol. The van der Waals surface area contributed by atoms with Crippen molar-refractivity contribution in [3.63, 3.8) is 0 Å². The van der Waals surface area contributed by atoms with Crippen LogP contribution in [-0.2, 0) is 5.54 Å². The van der Waals surface area contributed by atoms with E-state index < -0.39 is 0 Å². The SMILES string of the molecule is Cc1csc(C(C)(N)CCC(C)C)n1. The van der Waals surface area contributed by atoms with Crippen LogP contribution in [0, 0.1) is 12.8 Å². The molecular weight excluding hydrogens is 192 g/mol. The second-order valence-electron chi connectivity index (χ2n) is 4.64. The first-order chi connectivity index (χ1) is 6.42. The minimum absolute atomic E-state index is 0.247. The van der Waals surface area contributed by atoms with Gasteiger partial charge in [0.2, 0.25) is 0 Å². The van der Waals surface area contributed by atoms with Gasteiger partial charge in [-0.2, -0.15) is 0 Å². The topological polar surface area (TPSA) is 38.9 Å². The van der Waals surface area contributed by atoms with Gasteiger partial charge in [0.05, 0.1) is 5.54 Å². The van der Waals surface area contributed by atoms with E-state index in [9.17, 15) is 0 Å². The van der Waals surface area contributed by atoms with Crippen molar-refractivity contribution in [2.24, 2.45) is 11.7 Å². The lowest BCUT2D eigenvalue weighted by Gasteiger charge is -2.22. The molecular formula is C11H20N2S. The van der Waals surface area contributed by atoms with Gasteiger partial charge in [-0.05, 0) is 32.6 Å². The summed E-state index contributed by atoms with van der Waals surface area (Å²) in [5, 5.41) is 3.13. The maximum absolute atomic E-state index is 6.25. The maximum atomic E-state index is 6.25. The lowest BCUT2D eigenvalue weighted by atomic mass is 9.93. The Bertz CT molecular complexity index is 289. The third kappa shape index (κ3) is 3.07. The van der Waals surface area contributed by atoms with Crippen LogP contribution in [0.2, 0.25) is 0 Å². The molecule has 3 heteroatoms. The molecule has 1 rings (SSSR count). The molecule has 2 N–H and O–H groups in total. The van der Waals surface area contributed by atoms with Crippen LogP contribution in [0.1, 0.15) is 44.3 Å². The van der Waals surface area contributed by atoms with Gasteiger partial charge in [0.25, 0.3) is 0 Å². The van der Waals surface area contributed by atoms with Crippen molar-refractivity contribution < 1.29 is 0 Å². The maximum Gasteiger partial charge on any atom is 0.112 e. The van der Waals surface area contributed by atoms with Gasteiger partial charge in [-0.15, -0.1) is 11.3 Å². The molecule has 0 spiro atoms. The Morgan fingerprint density at radius 1 is 1.57 bits per heavy atom. The highest BCUT2D eigenvalue weighted by Gasteiger charge is 2.24. The molecule has 0 saturated carbocycles. The summed E-state index contributed by atoms with van der Waals surface area (Å²) >= 11 is 1.67. The van der Waals surface area contributed by atoms with Crippen LogP contribution < -0.4 is 5.73 Å². The second-order valence-corrected chi connectivity index (χ2v) is 5.50. The number of nitrogens with two attached hydrogens (primary N) is 1. The average Bonchev–Trinajstić information content (AvgIpc) is 2.49. The van der Waals surface area contributed by atoms with E-state index in [-0.39, 0.29) is 5.54 Å². The van der Waals surface area contributed by atoms with E-state index in [1.807, 2.05) is 6.92 Å². The van der Waals surface area contributed by atoms with Crippen molar-refractivity contribution in [3.8, 4) is 0 Å². The number of nitrogens with zero attached hydrogens (tertiary/aromatic N) is 1. The zero-order valence-corrected chi connectivity index (χ0v) is 10.3. The summed E-state index contributed by atoms with van der Waals surface area (Å²) in [6, 6.07) is 0. The summed E-state index contributed by atoms with van der Waals surface area (Å²) in [7, 11) is 0. The van der Waals surface area contributed by atoms with Crippen molar-refractivity contribution in [2.75, 3.05) is 0 Å². The third-order valence-corrected chi connectivity index (χ3v) is 3.59. The first kappa shape index (κ1) is 11.7. The summed E-state index contributed by atoms with van der Waals surface area (Å²) in [5.74, 6) is 0.707. The van der Waals surface area contributed by atoms with Crippen LogP contribution in [0.3, 0.4) is 0 Å². The fraction of sp³-hybridized carbons (Fsp3) is 0.727. The Kier molecular flexibility index (Phi) is 3.67. The molecule has 0 saturated heterocycles. The molecule has 0 aromatic carbocycles. The highest BCUT2D eigenvalue weighted by Crippen LogP contribution is 2.27. The van der Waals surface area contributed by atoms with Gasteiger partial charge in [-0.3, -0.25) is 0 Å². The van der Waals surface area contributed by atoms with E-state index in [1.165, 1.54) is 0 Å². The zero-order valence-electron chi connectivity index (χ0n) is 9.50. The van der Waals surface area contributed by atoms with Crippen molar-refractivity contribution in [1.82, 2.24) is 4.98 Å². The highest BCUT2D eigenvalue weighted by atomic mass is 32.1. The molecule has 0 amide bonds. The Balaban J connectivity index is 2.65. The van der Waals surface area contributed by atoms with Gasteiger partial charge >= 0.3 is 0 Å². The standard InChI is InChI=1S/C11H20N2S/c1-8(2)5-6-11(4,12)10-13-9(3)7-14-10/h7-8H,5-6,12H2,1-4H3. The molecule has 14 heavy (non-hydrogen) atoms. The number of aromatic nitrogens is 1. The van der Waals surface area contributed by atoms with Gasteiger partial charge in [0, 0.05) is 11.1 Å². The molecule has 1 heterocycles. The summed E-state index contributed by atoms with van der Waals surface area (Å²) < 4.78 is 0. The third-order valence-electron chi connectivity index (χ3n) is 2.35. The molecule has 1 atom stereocenters. The fourth-order valence-corrected chi connectivity index (χ4v) is 2.21. The first-order valence-corrected chi connectivity index (χ1v) is 6.01. The average molecular weight is 212 g/mol. The van der Waals surface area contributed by atoms with Crippen LogP contribution in [-0.4, -0.2) is 4.98 Å². The number of rotatable bonds is 4. The Labute approximate surface area is 90.6 Å².